The molecular formula is C18H32O2. The summed E-state index contributed by atoms with van der Waals surface area (Å²) in [4.78, 5) is 11.0. The van der Waals surface area contributed by atoms with Crippen LogP contribution in [0, 0.1) is 0 Å². The van der Waals surface area contributed by atoms with Gasteiger partial charge in [-0.15, -0.1) is 0 Å². The van der Waals surface area contributed by atoms with Crippen molar-refractivity contribution < 1.29 is 9.53 Å². The topological polar surface area (TPSA) is 26.3 Å². The number of methoxy groups -OCH3 is 1. The lowest BCUT2D eigenvalue weighted by Gasteiger charge is -2.13. The number of rotatable bonds is 7. The van der Waals surface area contributed by atoms with Crippen LogP contribution in [0.1, 0.15) is 53.2 Å². The Morgan fingerprint density at radius 2 is 1.80 bits per heavy atom. The Balaban J connectivity index is -0.000000963. The van der Waals surface area contributed by atoms with Crippen molar-refractivity contribution in [3.63, 3.8) is 0 Å². The van der Waals surface area contributed by atoms with Crippen LogP contribution in [0.4, 0.5) is 0 Å². The first-order valence-electron chi connectivity index (χ1n) is 5.89. The highest BCUT2D eigenvalue weighted by atomic mass is 16.5. The van der Waals surface area contributed by atoms with Crippen molar-refractivity contribution in [1.29, 1.82) is 0 Å². The summed E-state index contributed by atoms with van der Waals surface area (Å²) in [5.41, 5.74) is 2.39. The second-order valence-electron chi connectivity index (χ2n) is 4.25. The van der Waals surface area contributed by atoms with Crippen LogP contribution in [0.15, 0.2) is 30.8 Å². The van der Waals surface area contributed by atoms with Gasteiger partial charge in [-0.3, -0.25) is 4.79 Å². The van der Waals surface area contributed by atoms with E-state index in [0.29, 0.717) is 6.42 Å². The van der Waals surface area contributed by atoms with Crippen LogP contribution in [-0.4, -0.2) is 19.0 Å². The Hall–Kier alpha value is -1.41. The van der Waals surface area contributed by atoms with Crippen LogP contribution >= 0.6 is 0 Å². The zero-order valence-electron chi connectivity index (χ0n) is 10.6. The van der Waals surface area contributed by atoms with Gasteiger partial charge in [-0.25, -0.2) is 0 Å². The van der Waals surface area contributed by atoms with E-state index in [9.17, 15) is 4.79 Å². The largest absolute Gasteiger partial charge is 0.381 e. The standard InChI is InChI=1S/C15H20O2.3CH4/c1-4-13-5-7-14(8-6-13)9-10-15(17-3)11-12(2)16;;;/h4-8,15H,1,9-11H2,2-3H3;3*1H4. The first kappa shape index (κ1) is 23.7. The summed E-state index contributed by atoms with van der Waals surface area (Å²) in [6.07, 6.45) is 4.18. The number of carbonyl (C=O) groups excluding carboxylic acids is 1. The Bertz CT molecular complexity index is 366. The molecule has 0 saturated heterocycles. The summed E-state index contributed by atoms with van der Waals surface area (Å²) in [5, 5.41) is 0. The molecule has 1 aromatic carbocycles. The number of aryl methyl sites for hydroxylation is 1. The lowest BCUT2D eigenvalue weighted by molar-refractivity contribution is -0.119. The molecule has 0 radical (unpaired) electrons. The van der Waals surface area contributed by atoms with Gasteiger partial charge in [-0.05, 0) is 30.9 Å². The number of hydrogen-bond donors (Lipinski definition) is 0. The Morgan fingerprint density at radius 1 is 1.25 bits per heavy atom. The van der Waals surface area contributed by atoms with Gasteiger partial charge in [0, 0.05) is 13.5 Å². The van der Waals surface area contributed by atoms with Gasteiger partial charge in [0.25, 0.3) is 0 Å². The molecule has 0 aliphatic heterocycles. The van der Waals surface area contributed by atoms with E-state index in [4.69, 9.17) is 4.74 Å². The molecule has 0 N–H and O–H groups in total. The first-order chi connectivity index (χ1) is 8.15. The number of benzene rings is 1. The SMILES string of the molecule is C.C.C.C=Cc1ccc(CCC(CC(C)=O)OC)cc1. The van der Waals surface area contributed by atoms with Crippen molar-refractivity contribution in [1.82, 2.24) is 0 Å². The van der Waals surface area contributed by atoms with E-state index >= 15 is 0 Å². The van der Waals surface area contributed by atoms with Gasteiger partial charge in [-0.1, -0.05) is 59.2 Å². The molecule has 2 heteroatoms. The summed E-state index contributed by atoms with van der Waals surface area (Å²) >= 11 is 0. The van der Waals surface area contributed by atoms with E-state index in [1.54, 1.807) is 14.0 Å². The molecule has 1 aromatic rings. The van der Waals surface area contributed by atoms with Crippen LogP contribution < -0.4 is 0 Å². The Morgan fingerprint density at radius 3 is 2.20 bits per heavy atom. The molecule has 0 spiro atoms. The van der Waals surface area contributed by atoms with Gasteiger partial charge in [-0.2, -0.15) is 0 Å². The third-order valence-electron chi connectivity index (χ3n) is 2.82. The van der Waals surface area contributed by atoms with Crippen molar-refractivity contribution in [2.75, 3.05) is 7.11 Å². The number of Topliss-reactive ketones (excluding diaryl/α,β-unsaturated/α-hetero) is 1. The fourth-order valence-electron chi connectivity index (χ4n) is 1.77. The summed E-state index contributed by atoms with van der Waals surface area (Å²) in [5.74, 6) is 0.179. The smallest absolute Gasteiger partial charge is 0.132 e. The average Bonchev–Trinajstić information content (AvgIpc) is 2.34. The predicted molar refractivity (Wildman–Crippen MR) is 91.1 cm³/mol. The van der Waals surface area contributed by atoms with Gasteiger partial charge in [0.05, 0.1) is 6.10 Å². The molecule has 0 fully saturated rings. The number of ether oxygens (including phenoxy) is 1. The normalized spacial score (nSPS) is 10.3. The molecule has 0 aliphatic rings. The Kier molecular flexibility index (Phi) is 14.9. The molecule has 1 rings (SSSR count). The van der Waals surface area contributed by atoms with Crippen molar-refractivity contribution >= 4 is 11.9 Å². The summed E-state index contributed by atoms with van der Waals surface area (Å²) < 4.78 is 5.29. The summed E-state index contributed by atoms with van der Waals surface area (Å²) in [7, 11) is 1.66. The molecule has 20 heavy (non-hydrogen) atoms. The number of carbonyl (C=O) groups is 1. The van der Waals surface area contributed by atoms with Crippen LogP contribution in [0.5, 0.6) is 0 Å². The molecule has 0 heterocycles. The van der Waals surface area contributed by atoms with Gasteiger partial charge in [0.15, 0.2) is 0 Å². The minimum Gasteiger partial charge on any atom is -0.381 e. The molecule has 0 aromatic heterocycles. The maximum atomic E-state index is 11.0. The van der Waals surface area contributed by atoms with E-state index in [1.807, 2.05) is 6.08 Å². The Labute approximate surface area is 125 Å². The molecule has 2 nitrogen and oxygen atoms in total. The zero-order chi connectivity index (χ0) is 12.7. The molecule has 0 saturated carbocycles. The average molecular weight is 280 g/mol. The maximum absolute atomic E-state index is 11.0. The van der Waals surface area contributed by atoms with E-state index in [0.717, 1.165) is 18.4 Å². The van der Waals surface area contributed by atoms with E-state index in [-0.39, 0.29) is 34.2 Å². The molecule has 116 valence electrons. The van der Waals surface area contributed by atoms with Crippen LogP contribution in [0.2, 0.25) is 0 Å². The molecule has 0 aliphatic carbocycles. The summed E-state index contributed by atoms with van der Waals surface area (Å²) in [6.45, 7) is 5.33. The van der Waals surface area contributed by atoms with Crippen molar-refractivity contribution in [3.8, 4) is 0 Å². The van der Waals surface area contributed by atoms with Gasteiger partial charge < -0.3 is 4.74 Å². The molecular weight excluding hydrogens is 248 g/mol. The monoisotopic (exact) mass is 280 g/mol. The minimum absolute atomic E-state index is 0. The van der Waals surface area contributed by atoms with Crippen molar-refractivity contribution in [3.05, 3.63) is 42.0 Å². The lowest BCUT2D eigenvalue weighted by atomic mass is 10.0. The van der Waals surface area contributed by atoms with Crippen molar-refractivity contribution in [2.45, 2.75) is 54.6 Å². The quantitative estimate of drug-likeness (QED) is 0.689. The molecule has 1 atom stereocenters. The highest BCUT2D eigenvalue weighted by molar-refractivity contribution is 5.75. The fourth-order valence-corrected chi connectivity index (χ4v) is 1.77. The first-order valence-corrected chi connectivity index (χ1v) is 5.89. The minimum atomic E-state index is 0. The van der Waals surface area contributed by atoms with Gasteiger partial charge in [0.1, 0.15) is 5.78 Å². The highest BCUT2D eigenvalue weighted by Crippen LogP contribution is 2.12. The van der Waals surface area contributed by atoms with Crippen molar-refractivity contribution in [2.24, 2.45) is 0 Å². The van der Waals surface area contributed by atoms with Crippen LogP contribution in [0.25, 0.3) is 6.08 Å². The number of ketones is 1. The second kappa shape index (κ2) is 12.6. The number of hydrogen-bond acceptors (Lipinski definition) is 2. The highest BCUT2D eigenvalue weighted by Gasteiger charge is 2.10. The zero-order valence-corrected chi connectivity index (χ0v) is 10.6. The third kappa shape index (κ3) is 8.65. The molecule has 0 amide bonds. The van der Waals surface area contributed by atoms with E-state index in [1.165, 1.54) is 5.56 Å². The molecule has 1 unspecified atom stereocenters. The lowest BCUT2D eigenvalue weighted by Crippen LogP contribution is -2.15. The second-order valence-corrected chi connectivity index (χ2v) is 4.25. The van der Waals surface area contributed by atoms with Crippen LogP contribution in [0.3, 0.4) is 0 Å². The van der Waals surface area contributed by atoms with Crippen LogP contribution in [-0.2, 0) is 16.0 Å². The van der Waals surface area contributed by atoms with Gasteiger partial charge >= 0.3 is 0 Å². The van der Waals surface area contributed by atoms with E-state index < -0.39 is 0 Å². The molecule has 0 bridgehead atoms. The fraction of sp³-hybridized carbons (Fsp3) is 0.500. The summed E-state index contributed by atoms with van der Waals surface area (Å²) in [6, 6.07) is 8.29. The maximum Gasteiger partial charge on any atom is 0.132 e. The predicted octanol–water partition coefficient (Wildman–Crippen LogP) is 5.16. The van der Waals surface area contributed by atoms with Gasteiger partial charge in [0.2, 0.25) is 0 Å². The van der Waals surface area contributed by atoms with E-state index in [2.05, 4.69) is 30.8 Å². The third-order valence-corrected chi connectivity index (χ3v) is 2.82.